The summed E-state index contributed by atoms with van der Waals surface area (Å²) in [7, 11) is 1.45. The van der Waals surface area contributed by atoms with E-state index in [1.165, 1.54) is 11.9 Å². The van der Waals surface area contributed by atoms with Gasteiger partial charge < -0.3 is 10.4 Å². The minimum atomic E-state index is -4.80. The Bertz CT molecular complexity index is 758. The van der Waals surface area contributed by atoms with Gasteiger partial charge in [0.05, 0.1) is 16.3 Å². The zero-order chi connectivity index (χ0) is 21.1. The maximum Gasteiger partial charge on any atom is 0.419 e. The number of halogens is 6. The van der Waals surface area contributed by atoms with Crippen LogP contribution in [0.25, 0.3) is 0 Å². The van der Waals surface area contributed by atoms with Crippen LogP contribution in [0.2, 0.25) is 0 Å². The summed E-state index contributed by atoms with van der Waals surface area (Å²) >= 11 is 6.02. The Morgan fingerprint density at radius 3 is 2.43 bits per heavy atom. The number of aliphatic hydroxyl groups excluding tert-OH is 1. The largest absolute Gasteiger partial charge is 0.419 e. The van der Waals surface area contributed by atoms with Gasteiger partial charge in [0.1, 0.15) is 5.82 Å². The molecular weight excluding hydrogens is 405 g/mol. The third kappa shape index (κ3) is 5.01. The molecule has 1 fully saturated rings. The van der Waals surface area contributed by atoms with Crippen LogP contribution in [0.15, 0.2) is 34.3 Å². The number of anilines is 1. The molecule has 0 radical (unpaired) electrons. The smallest absolute Gasteiger partial charge is 0.361 e. The number of rotatable bonds is 5. The minimum absolute atomic E-state index is 0.0177. The number of nitrogens with one attached hydrogen (secondary N) is 1. The molecule has 0 spiro atoms. The van der Waals surface area contributed by atoms with Crippen molar-refractivity contribution in [1.82, 2.24) is 4.90 Å². The zero-order valence-electron chi connectivity index (χ0n) is 15.3. The van der Waals surface area contributed by atoms with Gasteiger partial charge in [0.15, 0.2) is 12.0 Å². The molecule has 1 aromatic carbocycles. The average Bonchev–Trinajstić information content (AvgIpc) is 2.61. The summed E-state index contributed by atoms with van der Waals surface area (Å²) in [6.45, 7) is 1.95. The van der Waals surface area contributed by atoms with Crippen LogP contribution in [0.5, 0.6) is 0 Å². The molecule has 2 N–H and O–H groups in total. The first kappa shape index (κ1) is 22.6. The van der Waals surface area contributed by atoms with E-state index in [-0.39, 0.29) is 42.4 Å². The van der Waals surface area contributed by atoms with Gasteiger partial charge in [0.2, 0.25) is 0 Å². The molecule has 1 aliphatic rings. The van der Waals surface area contributed by atoms with E-state index in [9.17, 15) is 22.7 Å². The van der Waals surface area contributed by atoms with Crippen molar-refractivity contribution < 1.29 is 27.1 Å². The quantitative estimate of drug-likeness (QED) is 0.413. The first-order chi connectivity index (χ1) is 13.0. The van der Waals surface area contributed by atoms with E-state index in [1.807, 2.05) is 0 Å². The second-order valence-corrected chi connectivity index (χ2v) is 6.83. The van der Waals surface area contributed by atoms with Gasteiger partial charge in [-0.05, 0) is 25.1 Å². The number of likely N-dealkylation sites (tertiary alicyclic amines) is 1. The maximum atomic E-state index is 15.2. The van der Waals surface area contributed by atoms with Crippen molar-refractivity contribution in [2.24, 2.45) is 4.99 Å². The lowest BCUT2D eigenvalue weighted by atomic mass is 9.88. The molecule has 0 bridgehead atoms. The van der Waals surface area contributed by atoms with Crippen LogP contribution in [0.3, 0.4) is 0 Å². The number of aliphatic hydroxyl groups is 1. The topological polar surface area (TPSA) is 47.9 Å². The number of benzene rings is 1. The number of alkyl halides is 4. The zero-order valence-corrected chi connectivity index (χ0v) is 16.1. The highest BCUT2D eigenvalue weighted by atomic mass is 35.5. The number of aliphatic imine (C=N–C) groups is 1. The van der Waals surface area contributed by atoms with Crippen molar-refractivity contribution in [1.29, 1.82) is 0 Å². The lowest BCUT2D eigenvalue weighted by Gasteiger charge is -2.39. The number of allylic oxidation sites excluding steroid dienone is 2. The molecule has 0 aliphatic carbocycles. The Kier molecular flexibility index (Phi) is 7.06. The van der Waals surface area contributed by atoms with E-state index < -0.39 is 29.6 Å². The number of piperidine rings is 1. The molecule has 1 aromatic rings. The first-order valence-corrected chi connectivity index (χ1v) is 8.93. The van der Waals surface area contributed by atoms with Crippen LogP contribution in [0.1, 0.15) is 25.3 Å². The molecule has 1 aliphatic heterocycles. The second kappa shape index (κ2) is 8.75. The molecule has 1 saturated heterocycles. The van der Waals surface area contributed by atoms with E-state index >= 15 is 4.39 Å². The molecule has 156 valence electrons. The van der Waals surface area contributed by atoms with Gasteiger partial charge in [-0.1, -0.05) is 17.7 Å². The molecule has 0 aromatic heterocycles. The van der Waals surface area contributed by atoms with Crippen molar-refractivity contribution in [3.63, 3.8) is 0 Å². The van der Waals surface area contributed by atoms with E-state index in [4.69, 9.17) is 11.6 Å². The highest BCUT2D eigenvalue weighted by molar-refractivity contribution is 6.44. The summed E-state index contributed by atoms with van der Waals surface area (Å²) in [5.41, 5.74) is -3.01. The summed E-state index contributed by atoms with van der Waals surface area (Å²) < 4.78 is 66.7. The van der Waals surface area contributed by atoms with E-state index in [2.05, 4.69) is 10.3 Å². The summed E-state index contributed by atoms with van der Waals surface area (Å²) in [6, 6.07) is 2.27. The monoisotopic (exact) mass is 425 g/mol. The third-order valence-corrected chi connectivity index (χ3v) is 5.03. The highest BCUT2D eigenvalue weighted by Crippen LogP contribution is 2.34. The molecule has 10 heteroatoms. The molecular formula is C18H21ClF5N3O. The third-order valence-electron chi connectivity index (χ3n) is 4.63. The Morgan fingerprint density at radius 1 is 1.36 bits per heavy atom. The lowest BCUT2D eigenvalue weighted by molar-refractivity contribution is -0.139. The molecule has 0 amide bonds. The van der Waals surface area contributed by atoms with E-state index in [1.54, 1.807) is 13.0 Å². The van der Waals surface area contributed by atoms with Gasteiger partial charge in [0.25, 0.3) is 0 Å². The lowest BCUT2D eigenvalue weighted by Crippen LogP contribution is -2.51. The molecule has 4 nitrogen and oxygen atoms in total. The summed E-state index contributed by atoms with van der Waals surface area (Å²) in [5, 5.41) is 13.0. The second-order valence-electron chi connectivity index (χ2n) is 6.42. The van der Waals surface area contributed by atoms with Gasteiger partial charge in [-0.3, -0.25) is 9.89 Å². The van der Waals surface area contributed by atoms with Gasteiger partial charge in [0, 0.05) is 38.7 Å². The van der Waals surface area contributed by atoms with Crippen molar-refractivity contribution in [3.05, 3.63) is 40.7 Å². The predicted molar refractivity (Wildman–Crippen MR) is 98.6 cm³/mol. The van der Waals surface area contributed by atoms with E-state index in [0.29, 0.717) is 12.1 Å². The van der Waals surface area contributed by atoms with Gasteiger partial charge in [-0.2, -0.15) is 13.2 Å². The fourth-order valence-corrected chi connectivity index (χ4v) is 3.35. The molecule has 1 unspecified atom stereocenters. The standard InChI is InChI=1S/C18H21ClF5N3O/c1-3-13(19)15(25-2)17(21)6-8-27(9-7-17)16(28)26-11-4-5-12(14(20)10-11)18(22,23)24/h3-5,10,16,26,28H,6-9H2,1-2H3/b13-3+,25-15?. The molecule has 2 rings (SSSR count). The number of hydrogen-bond acceptors (Lipinski definition) is 4. The number of nitrogens with zero attached hydrogens (tertiary/aromatic N) is 2. The Labute approximate surface area is 164 Å². The van der Waals surface area contributed by atoms with Crippen LogP contribution < -0.4 is 5.32 Å². The van der Waals surface area contributed by atoms with Gasteiger partial charge >= 0.3 is 6.18 Å². The summed E-state index contributed by atoms with van der Waals surface area (Å²) in [5.74, 6) is -1.45. The predicted octanol–water partition coefficient (Wildman–Crippen LogP) is 4.55. The molecule has 1 heterocycles. The van der Waals surface area contributed by atoms with Crippen LogP contribution in [0.4, 0.5) is 27.6 Å². The first-order valence-electron chi connectivity index (χ1n) is 8.55. The van der Waals surface area contributed by atoms with Crippen LogP contribution in [-0.4, -0.2) is 47.9 Å². The Balaban J connectivity index is 2.03. The highest BCUT2D eigenvalue weighted by Gasteiger charge is 2.41. The molecule has 1 atom stereocenters. The molecule has 0 saturated carbocycles. The SMILES string of the molecule is C/C=C(/Cl)C(=NC)C1(F)CCN(C(O)Nc2ccc(C(F)(F)F)c(F)c2)CC1. The van der Waals surface area contributed by atoms with Crippen molar-refractivity contribution >= 4 is 23.0 Å². The number of hydrogen-bond donors (Lipinski definition) is 2. The maximum absolute atomic E-state index is 15.2. The van der Waals surface area contributed by atoms with Crippen molar-refractivity contribution in [2.75, 3.05) is 25.5 Å². The summed E-state index contributed by atoms with van der Waals surface area (Å²) in [6.07, 6.45) is -4.54. The van der Waals surface area contributed by atoms with Gasteiger partial charge in [-0.25, -0.2) is 8.78 Å². The summed E-state index contributed by atoms with van der Waals surface area (Å²) in [4.78, 5) is 5.43. The average molecular weight is 426 g/mol. The van der Waals surface area contributed by atoms with Crippen molar-refractivity contribution in [2.45, 2.75) is 38.0 Å². The van der Waals surface area contributed by atoms with Crippen LogP contribution >= 0.6 is 11.6 Å². The van der Waals surface area contributed by atoms with Crippen LogP contribution in [-0.2, 0) is 6.18 Å². The molecule has 28 heavy (non-hydrogen) atoms. The fraction of sp³-hybridized carbons (Fsp3) is 0.500. The minimum Gasteiger partial charge on any atom is -0.361 e. The van der Waals surface area contributed by atoms with Crippen LogP contribution in [0, 0.1) is 5.82 Å². The Hall–Kier alpha value is -1.71. The fourth-order valence-electron chi connectivity index (χ4n) is 3.09. The normalized spacial score (nSPS) is 20.2. The Morgan fingerprint density at radius 2 is 1.96 bits per heavy atom. The van der Waals surface area contributed by atoms with E-state index in [0.717, 1.165) is 6.07 Å². The van der Waals surface area contributed by atoms with Gasteiger partial charge in [-0.15, -0.1) is 0 Å². The van der Waals surface area contributed by atoms with Crippen molar-refractivity contribution in [3.8, 4) is 0 Å².